The summed E-state index contributed by atoms with van der Waals surface area (Å²) in [6.45, 7) is 3.33. The van der Waals surface area contributed by atoms with E-state index in [-0.39, 0.29) is 0 Å². The molecule has 0 unspecified atom stereocenters. The molecule has 0 radical (unpaired) electrons. The van der Waals surface area contributed by atoms with Crippen LogP contribution in [-0.4, -0.2) is 0 Å². The zero-order chi connectivity index (χ0) is 33.1. The van der Waals surface area contributed by atoms with Gasteiger partial charge in [0.2, 0.25) is 0 Å². The van der Waals surface area contributed by atoms with Gasteiger partial charge in [0.05, 0.1) is 11.1 Å². The van der Waals surface area contributed by atoms with E-state index in [1.807, 2.05) is 72.8 Å². The SMILES string of the molecule is Cc1cc(-c2ccccc2-c2ccc3c(c2)sc2cc(-c4ccccc4-c4cc(C)cc(C(F)(F)F)c4)ccc23)cc(C(F)(F)F)c1. The predicted octanol–water partition coefficient (Wildman–Crippen LogP) is 13.4. The minimum Gasteiger partial charge on any atom is -0.166 e. The quantitative estimate of drug-likeness (QED) is 0.166. The van der Waals surface area contributed by atoms with E-state index in [9.17, 15) is 26.3 Å². The molecule has 6 aromatic carbocycles. The first-order chi connectivity index (χ1) is 22.3. The average molecular weight is 653 g/mol. The molecule has 47 heavy (non-hydrogen) atoms. The van der Waals surface area contributed by atoms with Crippen LogP contribution >= 0.6 is 11.3 Å². The summed E-state index contributed by atoms with van der Waals surface area (Å²) >= 11 is 1.60. The van der Waals surface area contributed by atoms with Gasteiger partial charge in [-0.05, 0) is 106 Å². The van der Waals surface area contributed by atoms with Gasteiger partial charge in [-0.15, -0.1) is 11.3 Å². The van der Waals surface area contributed by atoms with Gasteiger partial charge in [-0.1, -0.05) is 84.9 Å². The predicted molar refractivity (Wildman–Crippen MR) is 181 cm³/mol. The Morgan fingerprint density at radius 2 is 0.766 bits per heavy atom. The highest BCUT2D eigenvalue weighted by Crippen LogP contribution is 2.43. The molecule has 234 valence electrons. The van der Waals surface area contributed by atoms with E-state index in [1.165, 1.54) is 12.1 Å². The summed E-state index contributed by atoms with van der Waals surface area (Å²) < 4.78 is 83.9. The minimum absolute atomic E-state index is 0.503. The van der Waals surface area contributed by atoms with Crippen LogP contribution in [0.15, 0.2) is 121 Å². The molecule has 7 heteroatoms. The standard InChI is InChI=1S/C40H26F6S/c1-23-15-27(19-29(17-23)39(41,42)43)33-9-5-3-7-31(33)25-11-13-35-36-14-12-26(22-38(36)47-37(35)21-25)32-8-4-6-10-34(32)28-16-24(2)18-30(20-28)40(44,45)46/h3-22H,1-2H3. The van der Waals surface area contributed by atoms with Crippen molar-refractivity contribution in [2.24, 2.45) is 0 Å². The smallest absolute Gasteiger partial charge is 0.166 e. The van der Waals surface area contributed by atoms with Crippen LogP contribution in [0, 0.1) is 13.8 Å². The monoisotopic (exact) mass is 652 g/mol. The molecule has 1 aromatic heterocycles. The van der Waals surface area contributed by atoms with Crippen molar-refractivity contribution >= 4 is 31.5 Å². The normalized spacial score (nSPS) is 12.3. The zero-order valence-corrected chi connectivity index (χ0v) is 26.0. The molecule has 0 aliphatic heterocycles. The molecule has 0 spiro atoms. The van der Waals surface area contributed by atoms with E-state index in [0.29, 0.717) is 33.4 Å². The van der Waals surface area contributed by atoms with Crippen LogP contribution in [0.5, 0.6) is 0 Å². The van der Waals surface area contributed by atoms with E-state index >= 15 is 0 Å². The van der Waals surface area contributed by atoms with Crippen LogP contribution in [0.3, 0.4) is 0 Å². The second-order valence-corrected chi connectivity index (χ2v) is 12.9. The van der Waals surface area contributed by atoms with Crippen molar-refractivity contribution in [3.63, 3.8) is 0 Å². The van der Waals surface area contributed by atoms with Crippen molar-refractivity contribution in [1.82, 2.24) is 0 Å². The van der Waals surface area contributed by atoms with Crippen molar-refractivity contribution in [1.29, 1.82) is 0 Å². The molecule has 0 aliphatic rings. The lowest BCUT2D eigenvalue weighted by atomic mass is 9.91. The maximum absolute atomic E-state index is 13.6. The maximum Gasteiger partial charge on any atom is 0.416 e. The fourth-order valence-electron chi connectivity index (χ4n) is 6.29. The van der Waals surface area contributed by atoms with Crippen molar-refractivity contribution in [2.75, 3.05) is 0 Å². The third-order valence-corrected chi connectivity index (χ3v) is 9.50. The van der Waals surface area contributed by atoms with Crippen molar-refractivity contribution < 1.29 is 26.3 Å². The van der Waals surface area contributed by atoms with Gasteiger partial charge in [-0.25, -0.2) is 0 Å². The van der Waals surface area contributed by atoms with Gasteiger partial charge in [0.1, 0.15) is 0 Å². The molecule has 7 aromatic rings. The van der Waals surface area contributed by atoms with Crippen molar-refractivity contribution in [3.05, 3.63) is 144 Å². The van der Waals surface area contributed by atoms with E-state index in [4.69, 9.17) is 0 Å². The van der Waals surface area contributed by atoms with Crippen LogP contribution in [0.2, 0.25) is 0 Å². The summed E-state index contributed by atoms with van der Waals surface area (Å²) in [6.07, 6.45) is -8.89. The van der Waals surface area contributed by atoms with Gasteiger partial charge in [-0.3, -0.25) is 0 Å². The van der Waals surface area contributed by atoms with Gasteiger partial charge in [-0.2, -0.15) is 26.3 Å². The number of hydrogen-bond acceptors (Lipinski definition) is 1. The van der Waals surface area contributed by atoms with Gasteiger partial charge < -0.3 is 0 Å². The highest BCUT2D eigenvalue weighted by Gasteiger charge is 2.32. The number of rotatable bonds is 4. The summed E-state index contributed by atoms with van der Waals surface area (Å²) in [5.41, 5.74) is 5.58. The Hall–Kier alpha value is -4.88. The Balaban J connectivity index is 1.31. The molecular formula is C40H26F6S. The van der Waals surface area contributed by atoms with Crippen molar-refractivity contribution in [3.8, 4) is 44.5 Å². The second-order valence-electron chi connectivity index (χ2n) is 11.8. The lowest BCUT2D eigenvalue weighted by molar-refractivity contribution is -0.138. The number of alkyl halides is 6. The van der Waals surface area contributed by atoms with Gasteiger partial charge >= 0.3 is 12.4 Å². The van der Waals surface area contributed by atoms with Gasteiger partial charge in [0, 0.05) is 20.2 Å². The molecule has 0 saturated carbocycles. The third-order valence-electron chi connectivity index (χ3n) is 8.38. The molecule has 0 atom stereocenters. The van der Waals surface area contributed by atoms with E-state index in [0.717, 1.165) is 54.6 Å². The zero-order valence-electron chi connectivity index (χ0n) is 25.2. The Labute approximate surface area is 271 Å². The molecule has 0 bridgehead atoms. The summed E-state index contributed by atoms with van der Waals surface area (Å²) in [6, 6.07) is 35.4. The Morgan fingerprint density at radius 1 is 0.404 bits per heavy atom. The number of benzene rings is 6. The molecule has 0 amide bonds. The summed E-state index contributed by atoms with van der Waals surface area (Å²) in [5.74, 6) is 0. The fraction of sp³-hybridized carbons (Fsp3) is 0.100. The Kier molecular flexibility index (Phi) is 7.48. The molecular weight excluding hydrogens is 626 g/mol. The summed E-state index contributed by atoms with van der Waals surface area (Å²) in [7, 11) is 0. The molecule has 0 N–H and O–H groups in total. The molecule has 0 fully saturated rings. The van der Waals surface area contributed by atoms with Gasteiger partial charge in [0.15, 0.2) is 0 Å². The van der Waals surface area contributed by atoms with Gasteiger partial charge in [0.25, 0.3) is 0 Å². The number of halogens is 6. The number of hydrogen-bond donors (Lipinski definition) is 0. The Morgan fingerprint density at radius 3 is 1.13 bits per heavy atom. The van der Waals surface area contributed by atoms with E-state index in [1.54, 1.807) is 37.3 Å². The first-order valence-electron chi connectivity index (χ1n) is 14.9. The van der Waals surface area contributed by atoms with E-state index in [2.05, 4.69) is 12.1 Å². The number of fused-ring (bicyclic) bond motifs is 3. The molecule has 7 rings (SSSR count). The third kappa shape index (κ3) is 5.92. The van der Waals surface area contributed by atoms with Crippen LogP contribution in [0.25, 0.3) is 64.7 Å². The first-order valence-corrected chi connectivity index (χ1v) is 15.7. The Bertz CT molecular complexity index is 2140. The highest BCUT2D eigenvalue weighted by molar-refractivity contribution is 7.25. The topological polar surface area (TPSA) is 0 Å². The summed E-state index contributed by atoms with van der Waals surface area (Å²) in [4.78, 5) is 0. The average Bonchev–Trinajstić information content (AvgIpc) is 3.40. The van der Waals surface area contributed by atoms with Crippen LogP contribution in [0.1, 0.15) is 22.3 Å². The minimum atomic E-state index is -4.45. The lowest BCUT2D eigenvalue weighted by Crippen LogP contribution is -2.05. The first kappa shape index (κ1) is 30.8. The molecule has 0 saturated heterocycles. The van der Waals surface area contributed by atoms with Crippen LogP contribution < -0.4 is 0 Å². The van der Waals surface area contributed by atoms with Crippen LogP contribution in [0.4, 0.5) is 26.3 Å². The number of aryl methyl sites for hydroxylation is 2. The molecule has 0 aliphatic carbocycles. The maximum atomic E-state index is 13.6. The largest absolute Gasteiger partial charge is 0.416 e. The van der Waals surface area contributed by atoms with Crippen LogP contribution in [-0.2, 0) is 12.4 Å². The second kappa shape index (κ2) is 11.4. The van der Waals surface area contributed by atoms with Crippen molar-refractivity contribution in [2.45, 2.75) is 26.2 Å². The summed E-state index contributed by atoms with van der Waals surface area (Å²) in [5, 5.41) is 2.10. The lowest BCUT2D eigenvalue weighted by Gasteiger charge is -2.14. The fourth-order valence-corrected chi connectivity index (χ4v) is 7.47. The van der Waals surface area contributed by atoms with E-state index < -0.39 is 23.5 Å². The highest BCUT2D eigenvalue weighted by atomic mass is 32.1. The number of thiophene rings is 1. The molecule has 0 nitrogen and oxygen atoms in total. The molecule has 1 heterocycles.